The molecule has 2 rings (SSSR count). The minimum atomic E-state index is -0.566. The second-order valence-corrected chi connectivity index (χ2v) is 5.19. The summed E-state index contributed by atoms with van der Waals surface area (Å²) >= 11 is 0. The number of ketones is 1. The standard InChI is InChI=1S/C15H21N3O2/c1-12(19)14(13-6-4-3-5-7-13)16-15(20)18-10-8-17(2)9-11-18/h3-7,14H,8-11H2,1-2H3,(H,16,20)/t14-/m0/s1. The highest BCUT2D eigenvalue weighted by Crippen LogP contribution is 2.14. The number of carbonyl (C=O) groups excluding carboxylic acids is 2. The van der Waals surface area contributed by atoms with Gasteiger partial charge in [-0.15, -0.1) is 0 Å². The first-order chi connectivity index (χ1) is 9.58. The largest absolute Gasteiger partial charge is 0.324 e. The maximum absolute atomic E-state index is 12.2. The molecule has 0 bridgehead atoms. The van der Waals surface area contributed by atoms with Crippen molar-refractivity contribution in [1.29, 1.82) is 0 Å². The molecule has 20 heavy (non-hydrogen) atoms. The van der Waals surface area contributed by atoms with Crippen LogP contribution in [0.15, 0.2) is 30.3 Å². The number of nitrogens with zero attached hydrogens (tertiary/aromatic N) is 2. The Morgan fingerprint density at radius 1 is 1.10 bits per heavy atom. The Morgan fingerprint density at radius 3 is 2.25 bits per heavy atom. The SMILES string of the molecule is CC(=O)[C@H](NC(=O)N1CCN(C)CC1)c1ccccc1. The number of hydrogen-bond donors (Lipinski definition) is 1. The molecule has 1 N–H and O–H groups in total. The third-order valence-corrected chi connectivity index (χ3v) is 3.60. The van der Waals surface area contributed by atoms with E-state index in [2.05, 4.69) is 10.2 Å². The van der Waals surface area contributed by atoms with E-state index >= 15 is 0 Å². The minimum absolute atomic E-state index is 0.0568. The fourth-order valence-electron chi connectivity index (χ4n) is 2.29. The Morgan fingerprint density at radius 2 is 1.70 bits per heavy atom. The maximum Gasteiger partial charge on any atom is 0.318 e. The van der Waals surface area contributed by atoms with Gasteiger partial charge in [-0.25, -0.2) is 4.79 Å². The van der Waals surface area contributed by atoms with Crippen molar-refractivity contribution in [3.63, 3.8) is 0 Å². The molecule has 1 aromatic rings. The Hall–Kier alpha value is -1.88. The van der Waals surface area contributed by atoms with Crippen molar-refractivity contribution in [2.24, 2.45) is 0 Å². The van der Waals surface area contributed by atoms with E-state index in [1.165, 1.54) is 6.92 Å². The number of amides is 2. The molecular formula is C15H21N3O2. The van der Waals surface area contributed by atoms with Crippen molar-refractivity contribution < 1.29 is 9.59 Å². The van der Waals surface area contributed by atoms with Crippen molar-refractivity contribution in [1.82, 2.24) is 15.1 Å². The number of rotatable bonds is 3. The predicted molar refractivity (Wildman–Crippen MR) is 77.5 cm³/mol. The molecule has 0 aromatic heterocycles. The molecule has 1 heterocycles. The summed E-state index contributed by atoms with van der Waals surface area (Å²) < 4.78 is 0. The van der Waals surface area contributed by atoms with E-state index in [4.69, 9.17) is 0 Å². The van der Waals surface area contributed by atoms with Gasteiger partial charge in [0.15, 0.2) is 5.78 Å². The molecule has 5 nitrogen and oxygen atoms in total. The average Bonchev–Trinajstić information content (AvgIpc) is 2.46. The zero-order valence-corrected chi connectivity index (χ0v) is 12.0. The van der Waals surface area contributed by atoms with E-state index in [0.29, 0.717) is 13.1 Å². The van der Waals surface area contributed by atoms with Gasteiger partial charge in [-0.2, -0.15) is 0 Å². The summed E-state index contributed by atoms with van der Waals surface area (Å²) in [6.07, 6.45) is 0. The van der Waals surface area contributed by atoms with Gasteiger partial charge in [-0.05, 0) is 19.5 Å². The summed E-state index contributed by atoms with van der Waals surface area (Å²) in [4.78, 5) is 28.0. The first kappa shape index (κ1) is 14.5. The predicted octanol–water partition coefficient (Wildman–Crippen LogP) is 1.27. The lowest BCUT2D eigenvalue weighted by Crippen LogP contribution is -2.51. The topological polar surface area (TPSA) is 52.7 Å². The highest BCUT2D eigenvalue weighted by molar-refractivity contribution is 5.88. The van der Waals surface area contributed by atoms with Crippen LogP contribution in [0.3, 0.4) is 0 Å². The number of urea groups is 1. The Kier molecular flexibility index (Phi) is 4.74. The van der Waals surface area contributed by atoms with Crippen molar-refractivity contribution in [2.75, 3.05) is 33.2 Å². The molecule has 0 spiro atoms. The number of piperazine rings is 1. The van der Waals surface area contributed by atoms with Gasteiger partial charge in [0.05, 0.1) is 0 Å². The minimum Gasteiger partial charge on any atom is -0.324 e. The fraction of sp³-hybridized carbons (Fsp3) is 0.467. The molecule has 2 amide bonds. The summed E-state index contributed by atoms with van der Waals surface area (Å²) in [6.45, 7) is 4.62. The Balaban J connectivity index is 2.02. The van der Waals surface area contributed by atoms with Gasteiger partial charge >= 0.3 is 6.03 Å². The molecule has 1 aromatic carbocycles. The molecule has 0 saturated carbocycles. The molecule has 1 saturated heterocycles. The molecule has 5 heteroatoms. The van der Waals surface area contributed by atoms with Crippen LogP contribution in [0.2, 0.25) is 0 Å². The third kappa shape index (κ3) is 3.57. The summed E-state index contributed by atoms with van der Waals surface area (Å²) in [5.74, 6) is -0.0568. The number of hydrogen-bond acceptors (Lipinski definition) is 3. The zero-order valence-electron chi connectivity index (χ0n) is 12.0. The van der Waals surface area contributed by atoms with Gasteiger partial charge < -0.3 is 15.1 Å². The molecular weight excluding hydrogens is 254 g/mol. The maximum atomic E-state index is 12.2. The van der Waals surface area contributed by atoms with Crippen LogP contribution >= 0.6 is 0 Å². The quantitative estimate of drug-likeness (QED) is 0.904. The Bertz CT molecular complexity index is 467. The number of nitrogens with one attached hydrogen (secondary N) is 1. The summed E-state index contributed by atoms with van der Waals surface area (Å²) in [5.41, 5.74) is 0.822. The molecule has 0 unspecified atom stereocenters. The van der Waals surface area contributed by atoms with Gasteiger partial charge in [-0.1, -0.05) is 30.3 Å². The van der Waals surface area contributed by atoms with Gasteiger partial charge in [0.1, 0.15) is 6.04 Å². The van der Waals surface area contributed by atoms with Gasteiger partial charge in [0.25, 0.3) is 0 Å². The molecule has 1 aliphatic rings. The first-order valence-electron chi connectivity index (χ1n) is 6.87. The van der Waals surface area contributed by atoms with E-state index in [1.54, 1.807) is 4.90 Å². The second-order valence-electron chi connectivity index (χ2n) is 5.19. The number of Topliss-reactive ketones (excluding diaryl/α,β-unsaturated/α-hetero) is 1. The van der Waals surface area contributed by atoms with E-state index < -0.39 is 6.04 Å². The molecule has 1 aliphatic heterocycles. The molecule has 1 atom stereocenters. The van der Waals surface area contributed by atoms with E-state index in [-0.39, 0.29) is 11.8 Å². The molecule has 0 radical (unpaired) electrons. The zero-order chi connectivity index (χ0) is 14.5. The lowest BCUT2D eigenvalue weighted by Gasteiger charge is -2.33. The Labute approximate surface area is 119 Å². The number of carbonyl (C=O) groups is 2. The van der Waals surface area contributed by atoms with Crippen molar-refractivity contribution in [3.8, 4) is 0 Å². The van der Waals surface area contributed by atoms with E-state index in [1.807, 2.05) is 37.4 Å². The van der Waals surface area contributed by atoms with Gasteiger partial charge in [-0.3, -0.25) is 4.79 Å². The van der Waals surface area contributed by atoms with Crippen LogP contribution in [-0.2, 0) is 4.79 Å². The normalized spacial score (nSPS) is 17.6. The highest BCUT2D eigenvalue weighted by atomic mass is 16.2. The van der Waals surface area contributed by atoms with Crippen LogP contribution in [0.1, 0.15) is 18.5 Å². The fourth-order valence-corrected chi connectivity index (χ4v) is 2.29. The number of likely N-dealkylation sites (N-methyl/N-ethyl adjacent to an activating group) is 1. The summed E-state index contributed by atoms with van der Waals surface area (Å²) in [7, 11) is 2.04. The van der Waals surface area contributed by atoms with Crippen molar-refractivity contribution in [2.45, 2.75) is 13.0 Å². The smallest absolute Gasteiger partial charge is 0.318 e. The molecule has 108 valence electrons. The second kappa shape index (κ2) is 6.52. The van der Waals surface area contributed by atoms with E-state index in [0.717, 1.165) is 18.7 Å². The van der Waals surface area contributed by atoms with Crippen LogP contribution < -0.4 is 5.32 Å². The van der Waals surface area contributed by atoms with Crippen molar-refractivity contribution >= 4 is 11.8 Å². The van der Waals surface area contributed by atoms with Crippen LogP contribution in [0, 0.1) is 0 Å². The lowest BCUT2D eigenvalue weighted by atomic mass is 10.0. The lowest BCUT2D eigenvalue weighted by molar-refractivity contribution is -0.118. The first-order valence-corrected chi connectivity index (χ1v) is 6.87. The van der Waals surface area contributed by atoms with Gasteiger partial charge in [0.2, 0.25) is 0 Å². The summed E-state index contributed by atoms with van der Waals surface area (Å²) in [5, 5.41) is 2.84. The highest BCUT2D eigenvalue weighted by Gasteiger charge is 2.24. The van der Waals surface area contributed by atoms with E-state index in [9.17, 15) is 9.59 Å². The third-order valence-electron chi connectivity index (χ3n) is 3.60. The van der Waals surface area contributed by atoms with Crippen LogP contribution in [0.25, 0.3) is 0 Å². The van der Waals surface area contributed by atoms with Gasteiger partial charge in [0, 0.05) is 26.2 Å². The summed E-state index contributed by atoms with van der Waals surface area (Å²) in [6, 6.07) is 8.61. The monoisotopic (exact) mass is 275 g/mol. The molecule has 1 fully saturated rings. The van der Waals surface area contributed by atoms with Crippen LogP contribution in [0.4, 0.5) is 4.79 Å². The van der Waals surface area contributed by atoms with Crippen molar-refractivity contribution in [3.05, 3.63) is 35.9 Å². The molecule has 0 aliphatic carbocycles. The average molecular weight is 275 g/mol. The van der Waals surface area contributed by atoms with Crippen LogP contribution in [-0.4, -0.2) is 54.8 Å². The number of benzene rings is 1. The van der Waals surface area contributed by atoms with Crippen LogP contribution in [0.5, 0.6) is 0 Å².